The molecule has 1 aromatic carbocycles. The van der Waals surface area contributed by atoms with Crippen LogP contribution in [-0.2, 0) is 6.54 Å². The quantitative estimate of drug-likeness (QED) is 0.859. The Balaban J connectivity index is 2.35. The zero-order valence-corrected chi connectivity index (χ0v) is 13.0. The van der Waals surface area contributed by atoms with Crippen molar-refractivity contribution in [2.24, 2.45) is 0 Å². The monoisotopic (exact) mass is 323 g/mol. The van der Waals surface area contributed by atoms with E-state index in [1.807, 2.05) is 0 Å². The molecule has 0 amide bonds. The molecule has 2 rings (SSSR count). The number of halogens is 1. The standard InChI is InChI=1S/C13H18BrN5/c1-4-5-15-8-12-16-17-18-19(12)13-10(3)6-9(2)7-11(13)14/h6-7,15H,4-5,8H2,1-3H3. The molecule has 1 N–H and O–H groups in total. The average molecular weight is 324 g/mol. The summed E-state index contributed by atoms with van der Waals surface area (Å²) in [5.41, 5.74) is 3.37. The number of rotatable bonds is 5. The molecule has 0 saturated carbocycles. The number of benzene rings is 1. The van der Waals surface area contributed by atoms with E-state index in [9.17, 15) is 0 Å². The Morgan fingerprint density at radius 2 is 2.11 bits per heavy atom. The molecule has 102 valence electrons. The molecule has 0 unspecified atom stereocenters. The summed E-state index contributed by atoms with van der Waals surface area (Å²) in [6, 6.07) is 4.21. The highest BCUT2D eigenvalue weighted by Crippen LogP contribution is 2.26. The van der Waals surface area contributed by atoms with Crippen LogP contribution in [-0.4, -0.2) is 26.8 Å². The van der Waals surface area contributed by atoms with Gasteiger partial charge in [0.25, 0.3) is 0 Å². The van der Waals surface area contributed by atoms with Crippen LogP contribution in [0.25, 0.3) is 5.69 Å². The lowest BCUT2D eigenvalue weighted by Crippen LogP contribution is -2.18. The minimum Gasteiger partial charge on any atom is -0.310 e. The second kappa shape index (κ2) is 6.25. The molecule has 0 aliphatic rings. The summed E-state index contributed by atoms with van der Waals surface area (Å²) in [7, 11) is 0. The molecule has 1 heterocycles. The van der Waals surface area contributed by atoms with Crippen LogP contribution in [0.2, 0.25) is 0 Å². The molecule has 0 bridgehead atoms. The Morgan fingerprint density at radius 1 is 1.32 bits per heavy atom. The number of nitrogens with one attached hydrogen (secondary N) is 1. The van der Waals surface area contributed by atoms with Crippen LogP contribution < -0.4 is 5.32 Å². The molecule has 0 atom stereocenters. The van der Waals surface area contributed by atoms with Crippen LogP contribution in [0.4, 0.5) is 0 Å². The van der Waals surface area contributed by atoms with Gasteiger partial charge in [-0.05, 0) is 70.4 Å². The van der Waals surface area contributed by atoms with E-state index in [1.54, 1.807) is 4.68 Å². The largest absolute Gasteiger partial charge is 0.310 e. The summed E-state index contributed by atoms with van der Waals surface area (Å²) in [5, 5.41) is 15.3. The van der Waals surface area contributed by atoms with Gasteiger partial charge >= 0.3 is 0 Å². The topological polar surface area (TPSA) is 55.6 Å². The lowest BCUT2D eigenvalue weighted by molar-refractivity contribution is 0.631. The van der Waals surface area contributed by atoms with Gasteiger partial charge in [0.05, 0.1) is 12.2 Å². The highest BCUT2D eigenvalue weighted by Gasteiger charge is 2.13. The van der Waals surface area contributed by atoms with E-state index in [0.717, 1.165) is 34.5 Å². The van der Waals surface area contributed by atoms with Crippen molar-refractivity contribution in [1.29, 1.82) is 0 Å². The van der Waals surface area contributed by atoms with Gasteiger partial charge in [0, 0.05) is 4.47 Å². The predicted molar refractivity (Wildman–Crippen MR) is 78.3 cm³/mol. The van der Waals surface area contributed by atoms with Gasteiger partial charge in [-0.1, -0.05) is 13.0 Å². The molecule has 19 heavy (non-hydrogen) atoms. The SMILES string of the molecule is CCCNCc1nnnn1-c1c(C)cc(C)cc1Br. The first-order valence-electron chi connectivity index (χ1n) is 6.38. The van der Waals surface area contributed by atoms with Gasteiger partial charge < -0.3 is 5.32 Å². The minimum absolute atomic E-state index is 0.667. The first-order chi connectivity index (χ1) is 9.13. The third kappa shape index (κ3) is 3.19. The molecule has 0 aliphatic heterocycles. The second-order valence-corrected chi connectivity index (χ2v) is 5.45. The maximum atomic E-state index is 4.10. The Hall–Kier alpha value is -1.27. The van der Waals surface area contributed by atoms with E-state index >= 15 is 0 Å². The molecule has 6 heteroatoms. The van der Waals surface area contributed by atoms with Crippen LogP contribution in [0.15, 0.2) is 16.6 Å². The van der Waals surface area contributed by atoms with Gasteiger partial charge in [-0.3, -0.25) is 0 Å². The molecule has 0 aliphatic carbocycles. The number of aryl methyl sites for hydroxylation is 2. The smallest absolute Gasteiger partial charge is 0.170 e. The summed E-state index contributed by atoms with van der Waals surface area (Å²) in [6.07, 6.45) is 1.09. The number of tetrazole rings is 1. The fourth-order valence-corrected chi connectivity index (χ4v) is 2.88. The van der Waals surface area contributed by atoms with Gasteiger partial charge in [0.1, 0.15) is 0 Å². The van der Waals surface area contributed by atoms with E-state index in [0.29, 0.717) is 6.54 Å². The highest BCUT2D eigenvalue weighted by molar-refractivity contribution is 9.10. The van der Waals surface area contributed by atoms with Gasteiger partial charge in [0.15, 0.2) is 5.82 Å². The third-order valence-corrected chi connectivity index (χ3v) is 3.46. The zero-order chi connectivity index (χ0) is 13.8. The van der Waals surface area contributed by atoms with Crippen molar-refractivity contribution >= 4 is 15.9 Å². The van der Waals surface area contributed by atoms with E-state index < -0.39 is 0 Å². The normalized spacial score (nSPS) is 10.9. The van der Waals surface area contributed by atoms with Crippen LogP contribution in [0.5, 0.6) is 0 Å². The average Bonchev–Trinajstić information content (AvgIpc) is 2.76. The Kier molecular flexibility index (Phi) is 4.66. The van der Waals surface area contributed by atoms with Gasteiger partial charge in [-0.25, -0.2) is 0 Å². The van der Waals surface area contributed by atoms with Crippen molar-refractivity contribution in [1.82, 2.24) is 25.5 Å². The predicted octanol–water partition coefficient (Wildman–Crippen LogP) is 2.54. The summed E-state index contributed by atoms with van der Waals surface area (Å²) < 4.78 is 2.80. The number of hydrogen-bond donors (Lipinski definition) is 1. The van der Waals surface area contributed by atoms with Crippen molar-refractivity contribution in [3.63, 3.8) is 0 Å². The van der Waals surface area contributed by atoms with Crippen molar-refractivity contribution in [3.8, 4) is 5.69 Å². The lowest BCUT2D eigenvalue weighted by atomic mass is 10.1. The fraction of sp³-hybridized carbons (Fsp3) is 0.462. The maximum absolute atomic E-state index is 4.10. The molecule has 5 nitrogen and oxygen atoms in total. The number of aromatic nitrogens is 4. The van der Waals surface area contributed by atoms with E-state index in [4.69, 9.17) is 0 Å². The molecule has 0 radical (unpaired) electrons. The second-order valence-electron chi connectivity index (χ2n) is 4.60. The first-order valence-corrected chi connectivity index (χ1v) is 7.18. The Morgan fingerprint density at radius 3 is 2.79 bits per heavy atom. The molecule has 2 aromatic rings. The third-order valence-electron chi connectivity index (χ3n) is 2.85. The molecule has 1 aromatic heterocycles. The lowest BCUT2D eigenvalue weighted by Gasteiger charge is -2.11. The zero-order valence-electron chi connectivity index (χ0n) is 11.4. The van der Waals surface area contributed by atoms with Gasteiger partial charge in [-0.15, -0.1) is 5.10 Å². The number of hydrogen-bond acceptors (Lipinski definition) is 4. The van der Waals surface area contributed by atoms with Crippen molar-refractivity contribution in [3.05, 3.63) is 33.6 Å². The molecular formula is C13H18BrN5. The van der Waals surface area contributed by atoms with Crippen LogP contribution in [0.1, 0.15) is 30.3 Å². The van der Waals surface area contributed by atoms with E-state index in [-0.39, 0.29) is 0 Å². The van der Waals surface area contributed by atoms with Crippen molar-refractivity contribution < 1.29 is 0 Å². The summed E-state index contributed by atoms with van der Waals surface area (Å²) in [4.78, 5) is 0. The molecular weight excluding hydrogens is 306 g/mol. The van der Waals surface area contributed by atoms with Crippen LogP contribution in [0.3, 0.4) is 0 Å². The van der Waals surface area contributed by atoms with Crippen molar-refractivity contribution in [2.75, 3.05) is 6.54 Å². The van der Waals surface area contributed by atoms with Crippen LogP contribution in [0, 0.1) is 13.8 Å². The van der Waals surface area contributed by atoms with Crippen LogP contribution >= 0.6 is 15.9 Å². The summed E-state index contributed by atoms with van der Waals surface area (Å²) in [5.74, 6) is 0.820. The molecule has 0 spiro atoms. The minimum atomic E-state index is 0.667. The Bertz CT molecular complexity index is 541. The number of nitrogens with zero attached hydrogens (tertiary/aromatic N) is 4. The van der Waals surface area contributed by atoms with Gasteiger partial charge in [0.2, 0.25) is 0 Å². The highest BCUT2D eigenvalue weighted by atomic mass is 79.9. The van der Waals surface area contributed by atoms with Crippen molar-refractivity contribution in [2.45, 2.75) is 33.7 Å². The van der Waals surface area contributed by atoms with Gasteiger partial charge in [-0.2, -0.15) is 4.68 Å². The summed E-state index contributed by atoms with van der Waals surface area (Å²) in [6.45, 7) is 7.90. The molecule has 0 fully saturated rings. The Labute approximate surface area is 121 Å². The fourth-order valence-electron chi connectivity index (χ4n) is 2.04. The van der Waals surface area contributed by atoms with E-state index in [1.165, 1.54) is 5.56 Å². The van der Waals surface area contributed by atoms with E-state index in [2.05, 4.69) is 69.7 Å². The molecule has 0 saturated heterocycles. The maximum Gasteiger partial charge on any atom is 0.170 e. The summed E-state index contributed by atoms with van der Waals surface area (Å²) >= 11 is 3.60. The first kappa shape index (κ1) is 14.1.